The highest BCUT2D eigenvalue weighted by atomic mass is 16.6. The molecule has 1 aliphatic rings. The van der Waals surface area contributed by atoms with Crippen molar-refractivity contribution in [3.05, 3.63) is 53.6 Å². The van der Waals surface area contributed by atoms with Crippen LogP contribution in [0.3, 0.4) is 0 Å². The molecule has 0 spiro atoms. The van der Waals surface area contributed by atoms with E-state index in [-0.39, 0.29) is 12.6 Å². The van der Waals surface area contributed by atoms with Crippen LogP contribution in [0.15, 0.2) is 42.5 Å². The van der Waals surface area contributed by atoms with Gasteiger partial charge in [-0.15, -0.1) is 0 Å². The summed E-state index contributed by atoms with van der Waals surface area (Å²) >= 11 is 0. The van der Waals surface area contributed by atoms with E-state index in [4.69, 9.17) is 9.47 Å². The summed E-state index contributed by atoms with van der Waals surface area (Å²) in [4.78, 5) is 37.1. The van der Waals surface area contributed by atoms with Crippen molar-refractivity contribution in [1.82, 2.24) is 10.2 Å². The third kappa shape index (κ3) is 5.40. The summed E-state index contributed by atoms with van der Waals surface area (Å²) in [5, 5.41) is 5.22. The first-order chi connectivity index (χ1) is 14.5. The van der Waals surface area contributed by atoms with Gasteiger partial charge in [-0.25, -0.2) is 4.79 Å². The topological polar surface area (TPSA) is 106 Å². The molecule has 0 saturated carbocycles. The monoisotopic (exact) mass is 413 g/mol. The van der Waals surface area contributed by atoms with Crippen molar-refractivity contribution in [2.24, 2.45) is 0 Å². The lowest BCUT2D eigenvalue weighted by Gasteiger charge is -2.21. The highest BCUT2D eigenvalue weighted by Crippen LogP contribution is 2.31. The summed E-state index contributed by atoms with van der Waals surface area (Å²) in [7, 11) is 2.93. The molecule has 3 rings (SSSR count). The quantitative estimate of drug-likeness (QED) is 0.702. The molecule has 2 aromatic rings. The fraction of sp³-hybridized carbons (Fsp3) is 0.286. The van der Waals surface area contributed by atoms with Crippen molar-refractivity contribution in [2.75, 3.05) is 39.2 Å². The third-order valence-electron chi connectivity index (χ3n) is 4.39. The number of anilines is 1. The van der Waals surface area contributed by atoms with Crippen LogP contribution in [0.25, 0.3) is 0 Å². The molecule has 2 N–H and O–H groups in total. The van der Waals surface area contributed by atoms with Crippen molar-refractivity contribution in [3.63, 3.8) is 0 Å². The van der Waals surface area contributed by atoms with Gasteiger partial charge in [0.1, 0.15) is 19.8 Å². The fourth-order valence-electron chi connectivity index (χ4n) is 2.78. The Hall–Kier alpha value is -3.75. The second-order valence-electron chi connectivity index (χ2n) is 6.60. The van der Waals surface area contributed by atoms with Gasteiger partial charge in [-0.3, -0.25) is 9.59 Å². The molecule has 3 amide bonds. The molecule has 0 radical (unpaired) electrons. The Bertz CT molecular complexity index is 929. The van der Waals surface area contributed by atoms with Crippen LogP contribution in [-0.4, -0.2) is 56.7 Å². The minimum absolute atomic E-state index is 0.210. The van der Waals surface area contributed by atoms with Crippen molar-refractivity contribution < 1.29 is 28.6 Å². The summed E-state index contributed by atoms with van der Waals surface area (Å²) in [6, 6.07) is 11.6. The highest BCUT2D eigenvalue weighted by molar-refractivity contribution is 5.97. The van der Waals surface area contributed by atoms with Crippen LogP contribution in [0.5, 0.6) is 11.5 Å². The molecule has 0 atom stereocenters. The van der Waals surface area contributed by atoms with Crippen LogP contribution in [0.1, 0.15) is 15.9 Å². The number of nitrogens with one attached hydrogen (secondary N) is 2. The van der Waals surface area contributed by atoms with E-state index in [1.165, 1.54) is 12.0 Å². The molecule has 0 fully saturated rings. The zero-order chi connectivity index (χ0) is 21.5. The van der Waals surface area contributed by atoms with Gasteiger partial charge >= 0.3 is 12.0 Å². The number of fused-ring (bicyclic) bond motifs is 1. The zero-order valence-corrected chi connectivity index (χ0v) is 16.8. The van der Waals surface area contributed by atoms with E-state index in [1.54, 1.807) is 31.3 Å². The zero-order valence-electron chi connectivity index (χ0n) is 16.8. The van der Waals surface area contributed by atoms with E-state index in [9.17, 15) is 14.4 Å². The number of carbonyl (C=O) groups is 3. The molecule has 0 aromatic heterocycles. The predicted molar refractivity (Wildman–Crippen MR) is 109 cm³/mol. The van der Waals surface area contributed by atoms with E-state index in [0.717, 1.165) is 5.56 Å². The van der Waals surface area contributed by atoms with E-state index >= 15 is 0 Å². The van der Waals surface area contributed by atoms with Gasteiger partial charge in [0.25, 0.3) is 5.91 Å². The Morgan fingerprint density at radius 1 is 1.03 bits per heavy atom. The molecule has 30 heavy (non-hydrogen) atoms. The van der Waals surface area contributed by atoms with Gasteiger partial charge in [-0.2, -0.15) is 0 Å². The average Bonchev–Trinajstić information content (AvgIpc) is 2.77. The van der Waals surface area contributed by atoms with Gasteiger partial charge in [0.05, 0.1) is 7.11 Å². The summed E-state index contributed by atoms with van der Waals surface area (Å²) in [6.45, 7) is 1.21. The minimum Gasteiger partial charge on any atom is -0.486 e. The number of benzene rings is 2. The lowest BCUT2D eigenvalue weighted by Crippen LogP contribution is -2.31. The lowest BCUT2D eigenvalue weighted by atomic mass is 10.2. The number of ether oxygens (including phenoxy) is 3. The molecular weight excluding hydrogens is 390 g/mol. The summed E-state index contributed by atoms with van der Waals surface area (Å²) in [5.74, 6) is 0.434. The second-order valence-corrected chi connectivity index (χ2v) is 6.60. The minimum atomic E-state index is -0.534. The first kappa shape index (κ1) is 21.0. The standard InChI is InChI=1S/C21H23N3O6/c1-24(13-14-3-8-17-18(11-14)30-10-9-29-17)21(27)23-16-6-4-15(5-7-16)20(26)22-12-19(25)28-2/h3-8,11H,9-10,12-13H2,1-2H3,(H,22,26)(H,23,27). The van der Waals surface area contributed by atoms with Gasteiger partial charge < -0.3 is 29.7 Å². The normalized spacial score (nSPS) is 11.9. The Labute approximate surface area is 173 Å². The van der Waals surface area contributed by atoms with Crippen LogP contribution in [-0.2, 0) is 16.1 Å². The van der Waals surface area contributed by atoms with Crippen LogP contribution in [0.4, 0.5) is 10.5 Å². The van der Waals surface area contributed by atoms with Crippen LogP contribution in [0, 0.1) is 0 Å². The SMILES string of the molecule is COC(=O)CNC(=O)c1ccc(NC(=O)N(C)Cc2ccc3c(c2)OCCO3)cc1. The molecule has 9 nitrogen and oxygen atoms in total. The van der Waals surface area contributed by atoms with Gasteiger partial charge in [-0.1, -0.05) is 6.07 Å². The Balaban J connectivity index is 1.53. The molecule has 1 aliphatic heterocycles. The van der Waals surface area contributed by atoms with Crippen LogP contribution >= 0.6 is 0 Å². The number of carbonyl (C=O) groups excluding carboxylic acids is 3. The average molecular weight is 413 g/mol. The molecule has 0 aliphatic carbocycles. The highest BCUT2D eigenvalue weighted by Gasteiger charge is 2.15. The first-order valence-corrected chi connectivity index (χ1v) is 9.32. The molecular formula is C21H23N3O6. The van der Waals surface area contributed by atoms with Crippen molar-refractivity contribution >= 4 is 23.6 Å². The van der Waals surface area contributed by atoms with Crippen molar-refractivity contribution in [3.8, 4) is 11.5 Å². The van der Waals surface area contributed by atoms with E-state index < -0.39 is 11.9 Å². The third-order valence-corrected chi connectivity index (χ3v) is 4.39. The molecule has 0 saturated heterocycles. The number of urea groups is 1. The summed E-state index contributed by atoms with van der Waals surface area (Å²) in [5.41, 5.74) is 1.81. The van der Waals surface area contributed by atoms with Gasteiger partial charge in [0, 0.05) is 24.8 Å². The van der Waals surface area contributed by atoms with E-state index in [2.05, 4.69) is 15.4 Å². The molecule has 158 valence electrons. The number of hydrogen-bond donors (Lipinski definition) is 2. The van der Waals surface area contributed by atoms with Crippen molar-refractivity contribution in [2.45, 2.75) is 6.54 Å². The lowest BCUT2D eigenvalue weighted by molar-refractivity contribution is -0.139. The maximum Gasteiger partial charge on any atom is 0.325 e. The van der Waals surface area contributed by atoms with E-state index in [0.29, 0.717) is 42.5 Å². The number of nitrogens with zero attached hydrogens (tertiary/aromatic N) is 1. The van der Waals surface area contributed by atoms with Crippen LogP contribution in [0.2, 0.25) is 0 Å². The maximum absolute atomic E-state index is 12.5. The number of esters is 1. The fourth-order valence-corrected chi connectivity index (χ4v) is 2.78. The van der Waals surface area contributed by atoms with Gasteiger partial charge in [0.2, 0.25) is 0 Å². The van der Waals surface area contributed by atoms with Gasteiger partial charge in [-0.05, 0) is 42.0 Å². The molecule has 0 unspecified atom stereocenters. The number of methoxy groups -OCH3 is 1. The first-order valence-electron chi connectivity index (χ1n) is 9.32. The number of rotatable bonds is 6. The molecule has 2 aromatic carbocycles. The summed E-state index contributed by atoms with van der Waals surface area (Å²) in [6.07, 6.45) is 0. The molecule has 1 heterocycles. The Morgan fingerprint density at radius 2 is 1.73 bits per heavy atom. The predicted octanol–water partition coefficient (Wildman–Crippen LogP) is 2.02. The molecule has 0 bridgehead atoms. The number of amides is 3. The molecule has 9 heteroatoms. The Morgan fingerprint density at radius 3 is 2.43 bits per heavy atom. The second kappa shape index (κ2) is 9.64. The van der Waals surface area contributed by atoms with E-state index in [1.807, 2.05) is 18.2 Å². The largest absolute Gasteiger partial charge is 0.486 e. The number of hydrogen-bond acceptors (Lipinski definition) is 6. The Kier molecular flexibility index (Phi) is 6.74. The van der Waals surface area contributed by atoms with Gasteiger partial charge in [0.15, 0.2) is 11.5 Å². The van der Waals surface area contributed by atoms with Crippen LogP contribution < -0.4 is 20.1 Å². The maximum atomic E-state index is 12.5. The summed E-state index contributed by atoms with van der Waals surface area (Å²) < 4.78 is 15.5. The van der Waals surface area contributed by atoms with Crippen molar-refractivity contribution in [1.29, 1.82) is 0 Å². The smallest absolute Gasteiger partial charge is 0.325 e.